The molecule has 2 aromatic carbocycles. The summed E-state index contributed by atoms with van der Waals surface area (Å²) in [6.45, 7) is 0. The summed E-state index contributed by atoms with van der Waals surface area (Å²) in [6.07, 6.45) is 6.82. The van der Waals surface area contributed by atoms with Gasteiger partial charge in [-0.25, -0.2) is 0 Å². The van der Waals surface area contributed by atoms with Gasteiger partial charge in [-0.15, -0.1) is 0 Å². The molecule has 0 bridgehead atoms. The number of thioether (sulfide) groups is 1. The van der Waals surface area contributed by atoms with E-state index in [0.29, 0.717) is 11.3 Å². The second-order valence-electron chi connectivity index (χ2n) is 6.11. The Hall–Kier alpha value is -1.74. The molecule has 0 aromatic heterocycles. The minimum Gasteiger partial charge on any atom is -0.349 e. The summed E-state index contributed by atoms with van der Waals surface area (Å²) in [6, 6.07) is 18.3. The van der Waals surface area contributed by atoms with Crippen LogP contribution in [0.3, 0.4) is 0 Å². The van der Waals surface area contributed by atoms with E-state index >= 15 is 0 Å². The monoisotopic (exact) mass is 325 g/mol. The molecule has 2 aromatic rings. The van der Waals surface area contributed by atoms with E-state index in [1.807, 2.05) is 54.2 Å². The molecular weight excluding hydrogens is 302 g/mol. The van der Waals surface area contributed by atoms with Crippen molar-refractivity contribution in [3.8, 4) is 11.1 Å². The molecule has 0 radical (unpaired) electrons. The number of carbonyl (C=O) groups is 1. The molecule has 1 aliphatic carbocycles. The smallest absolute Gasteiger partial charge is 0.252 e. The van der Waals surface area contributed by atoms with Crippen LogP contribution in [0, 0.1) is 0 Å². The minimum absolute atomic E-state index is 0.0520. The van der Waals surface area contributed by atoms with Crippen molar-refractivity contribution >= 4 is 17.7 Å². The maximum Gasteiger partial charge on any atom is 0.252 e. The molecule has 1 amide bonds. The van der Waals surface area contributed by atoms with Crippen LogP contribution in [0.2, 0.25) is 0 Å². The summed E-state index contributed by atoms with van der Waals surface area (Å²) in [5.41, 5.74) is 2.86. The third-order valence-corrected chi connectivity index (χ3v) is 5.65. The topological polar surface area (TPSA) is 29.1 Å². The minimum atomic E-state index is 0.0520. The molecule has 0 spiro atoms. The van der Waals surface area contributed by atoms with Crippen LogP contribution in [0.15, 0.2) is 54.6 Å². The van der Waals surface area contributed by atoms with E-state index in [0.717, 1.165) is 29.5 Å². The first-order valence-corrected chi connectivity index (χ1v) is 9.55. The molecule has 1 aliphatic rings. The van der Waals surface area contributed by atoms with E-state index in [1.54, 1.807) is 0 Å². The third-order valence-electron chi connectivity index (χ3n) is 4.55. The van der Waals surface area contributed by atoms with Crippen LogP contribution in [0.4, 0.5) is 0 Å². The van der Waals surface area contributed by atoms with Crippen molar-refractivity contribution in [2.75, 3.05) is 6.26 Å². The van der Waals surface area contributed by atoms with E-state index in [2.05, 4.69) is 23.7 Å². The summed E-state index contributed by atoms with van der Waals surface area (Å²) >= 11 is 1.92. The summed E-state index contributed by atoms with van der Waals surface area (Å²) in [5.74, 6) is 0.0520. The molecular formula is C20H23NOS. The van der Waals surface area contributed by atoms with Gasteiger partial charge >= 0.3 is 0 Å². The van der Waals surface area contributed by atoms with Crippen LogP contribution in [0.5, 0.6) is 0 Å². The Morgan fingerprint density at radius 2 is 1.78 bits per heavy atom. The highest BCUT2D eigenvalue weighted by Gasteiger charge is 2.23. The van der Waals surface area contributed by atoms with Crippen LogP contribution >= 0.6 is 11.8 Å². The lowest BCUT2D eigenvalue weighted by atomic mass is 9.94. The van der Waals surface area contributed by atoms with Crippen LogP contribution in [0.1, 0.15) is 36.0 Å². The lowest BCUT2D eigenvalue weighted by Gasteiger charge is -2.29. The molecule has 0 heterocycles. The van der Waals surface area contributed by atoms with Crippen molar-refractivity contribution in [1.82, 2.24) is 5.32 Å². The molecule has 2 atom stereocenters. The SMILES string of the molecule is CSC1CCCC(NC(=O)c2ccccc2-c2ccccc2)C1. The Bertz CT molecular complexity index is 656. The largest absolute Gasteiger partial charge is 0.349 e. The van der Waals surface area contributed by atoms with Crippen molar-refractivity contribution in [3.63, 3.8) is 0 Å². The molecule has 3 heteroatoms. The number of hydrogen-bond acceptors (Lipinski definition) is 2. The first-order chi connectivity index (χ1) is 11.3. The Morgan fingerprint density at radius 3 is 2.57 bits per heavy atom. The molecule has 2 nitrogen and oxygen atoms in total. The average Bonchev–Trinajstić information content (AvgIpc) is 2.62. The predicted molar refractivity (Wildman–Crippen MR) is 98.9 cm³/mol. The Labute approximate surface area is 142 Å². The number of carbonyl (C=O) groups excluding carboxylic acids is 1. The molecule has 120 valence electrons. The maximum absolute atomic E-state index is 12.8. The zero-order valence-electron chi connectivity index (χ0n) is 13.5. The van der Waals surface area contributed by atoms with Gasteiger partial charge in [0, 0.05) is 16.9 Å². The van der Waals surface area contributed by atoms with E-state index in [9.17, 15) is 4.79 Å². The fourth-order valence-electron chi connectivity index (χ4n) is 3.30. The van der Waals surface area contributed by atoms with E-state index < -0.39 is 0 Å². The maximum atomic E-state index is 12.8. The van der Waals surface area contributed by atoms with Gasteiger partial charge in [0.2, 0.25) is 0 Å². The zero-order chi connectivity index (χ0) is 16.1. The van der Waals surface area contributed by atoms with Gasteiger partial charge in [0.1, 0.15) is 0 Å². The first kappa shape index (κ1) is 16.1. The van der Waals surface area contributed by atoms with Crippen LogP contribution in [-0.2, 0) is 0 Å². The summed E-state index contributed by atoms with van der Waals surface area (Å²) in [7, 11) is 0. The van der Waals surface area contributed by atoms with Crippen LogP contribution < -0.4 is 5.32 Å². The molecule has 1 N–H and O–H groups in total. The number of hydrogen-bond donors (Lipinski definition) is 1. The second-order valence-corrected chi connectivity index (χ2v) is 7.24. The Balaban J connectivity index is 1.78. The number of nitrogens with one attached hydrogen (secondary N) is 1. The van der Waals surface area contributed by atoms with Gasteiger partial charge in [-0.3, -0.25) is 4.79 Å². The highest BCUT2D eigenvalue weighted by atomic mass is 32.2. The zero-order valence-corrected chi connectivity index (χ0v) is 14.3. The summed E-state index contributed by atoms with van der Waals surface area (Å²) < 4.78 is 0. The fraction of sp³-hybridized carbons (Fsp3) is 0.350. The van der Waals surface area contributed by atoms with E-state index in [1.165, 1.54) is 12.8 Å². The fourth-order valence-corrected chi connectivity index (χ4v) is 4.13. The number of rotatable bonds is 4. The van der Waals surface area contributed by atoms with Gasteiger partial charge in [0.05, 0.1) is 0 Å². The average molecular weight is 325 g/mol. The standard InChI is InChI=1S/C20H23NOS/c1-23-17-11-7-10-16(14-17)21-20(22)19-13-6-5-12-18(19)15-8-3-2-4-9-15/h2-6,8-9,12-13,16-17H,7,10-11,14H2,1H3,(H,21,22). The van der Waals surface area contributed by atoms with E-state index in [-0.39, 0.29) is 5.91 Å². The molecule has 1 fully saturated rings. The normalized spacial score (nSPS) is 20.9. The first-order valence-electron chi connectivity index (χ1n) is 8.26. The van der Waals surface area contributed by atoms with Crippen molar-refractivity contribution in [3.05, 3.63) is 60.2 Å². The molecule has 1 saturated carbocycles. The number of benzene rings is 2. The number of amides is 1. The summed E-state index contributed by atoms with van der Waals surface area (Å²) in [4.78, 5) is 12.8. The molecule has 3 rings (SSSR count). The molecule has 0 saturated heterocycles. The van der Waals surface area contributed by atoms with Gasteiger partial charge in [0.25, 0.3) is 5.91 Å². The van der Waals surface area contributed by atoms with Crippen molar-refractivity contribution in [2.45, 2.75) is 37.0 Å². The molecule has 0 aliphatic heterocycles. The third kappa shape index (κ3) is 3.97. The summed E-state index contributed by atoms with van der Waals surface area (Å²) in [5, 5.41) is 3.94. The quantitative estimate of drug-likeness (QED) is 0.878. The lowest BCUT2D eigenvalue weighted by Crippen LogP contribution is -2.39. The highest BCUT2D eigenvalue weighted by Crippen LogP contribution is 2.28. The predicted octanol–water partition coefficient (Wildman–Crippen LogP) is 4.76. The van der Waals surface area contributed by atoms with Gasteiger partial charge < -0.3 is 5.32 Å². The Morgan fingerprint density at radius 1 is 1.04 bits per heavy atom. The van der Waals surface area contributed by atoms with Crippen molar-refractivity contribution in [1.29, 1.82) is 0 Å². The lowest BCUT2D eigenvalue weighted by molar-refractivity contribution is 0.0929. The van der Waals surface area contributed by atoms with Gasteiger partial charge in [0.15, 0.2) is 0 Å². The van der Waals surface area contributed by atoms with Gasteiger partial charge in [-0.2, -0.15) is 11.8 Å². The highest BCUT2D eigenvalue weighted by molar-refractivity contribution is 7.99. The van der Waals surface area contributed by atoms with Crippen molar-refractivity contribution < 1.29 is 4.79 Å². The molecule has 2 unspecified atom stereocenters. The second kappa shape index (κ2) is 7.69. The van der Waals surface area contributed by atoms with Gasteiger partial charge in [-0.05, 0) is 42.7 Å². The Kier molecular flexibility index (Phi) is 5.39. The molecule has 23 heavy (non-hydrogen) atoms. The van der Waals surface area contributed by atoms with E-state index in [4.69, 9.17) is 0 Å². The van der Waals surface area contributed by atoms with Crippen LogP contribution in [-0.4, -0.2) is 23.5 Å². The van der Waals surface area contributed by atoms with Gasteiger partial charge in [-0.1, -0.05) is 55.0 Å². The van der Waals surface area contributed by atoms with Crippen LogP contribution in [0.25, 0.3) is 11.1 Å². The van der Waals surface area contributed by atoms with Crippen molar-refractivity contribution in [2.24, 2.45) is 0 Å².